The van der Waals surface area contributed by atoms with Crippen LogP contribution in [0.2, 0.25) is 0 Å². The van der Waals surface area contributed by atoms with Gasteiger partial charge in [0, 0.05) is 6.92 Å². The Morgan fingerprint density at radius 1 is 1.33 bits per heavy atom. The van der Waals surface area contributed by atoms with E-state index in [0.29, 0.717) is 5.82 Å². The summed E-state index contributed by atoms with van der Waals surface area (Å²) in [6.45, 7) is 1.39. The van der Waals surface area contributed by atoms with Gasteiger partial charge in [-0.05, 0) is 29.2 Å². The number of aryl methyl sites for hydroxylation is 1. The van der Waals surface area contributed by atoms with E-state index in [-0.39, 0.29) is 24.5 Å². The first-order chi connectivity index (χ1) is 11.2. The van der Waals surface area contributed by atoms with Gasteiger partial charge in [0.25, 0.3) is 0 Å². The molecule has 0 radical (unpaired) electrons. The number of nitrogens with zero attached hydrogens (tertiary/aromatic N) is 3. The first-order valence-electron chi connectivity index (χ1n) is 6.71. The van der Waals surface area contributed by atoms with Gasteiger partial charge in [-0.25, -0.2) is 14.3 Å². The maximum Gasteiger partial charge on any atom is 0.416 e. The van der Waals surface area contributed by atoms with Crippen molar-refractivity contribution in [1.82, 2.24) is 9.55 Å². The minimum atomic E-state index is -4.49. The van der Waals surface area contributed by atoms with Crippen LogP contribution in [0.15, 0.2) is 30.5 Å². The first-order valence-corrected chi connectivity index (χ1v) is 6.71. The van der Waals surface area contributed by atoms with Crippen LogP contribution < -0.4 is 0 Å². The predicted octanol–water partition coefficient (Wildman–Crippen LogP) is 2.98. The summed E-state index contributed by atoms with van der Waals surface area (Å²) in [5, 5.41) is 10.8. The molecule has 0 N–H and O–H groups in total. The number of benzene rings is 1. The molecule has 0 amide bonds. The summed E-state index contributed by atoms with van der Waals surface area (Å²) in [6, 6.07) is 3.58. The number of imidazole rings is 1. The third-order valence-electron chi connectivity index (χ3n) is 3.22. The molecule has 0 atom stereocenters. The van der Waals surface area contributed by atoms with Gasteiger partial charge < -0.3 is 14.9 Å². The van der Waals surface area contributed by atoms with Crippen LogP contribution in [0.3, 0.4) is 0 Å². The second-order valence-electron chi connectivity index (χ2n) is 4.78. The largest absolute Gasteiger partial charge is 0.458 e. The van der Waals surface area contributed by atoms with Gasteiger partial charge in [0.1, 0.15) is 19.3 Å². The smallest absolute Gasteiger partial charge is 0.416 e. The van der Waals surface area contributed by atoms with Crippen molar-refractivity contribution < 1.29 is 27.6 Å². The van der Waals surface area contributed by atoms with Gasteiger partial charge in [-0.3, -0.25) is 0 Å². The molecule has 1 aromatic heterocycles. The monoisotopic (exact) mass is 343 g/mol. The van der Waals surface area contributed by atoms with Crippen LogP contribution in [-0.2, 0) is 17.5 Å². The molecular formula is C14H12F3N3O4. The lowest BCUT2D eigenvalue weighted by Gasteiger charge is -2.08. The number of carbonyl (C=O) groups is 1. The number of carbonyl (C=O) groups excluding carboxylic acids is 1. The summed E-state index contributed by atoms with van der Waals surface area (Å²) < 4.78 is 43.5. The summed E-state index contributed by atoms with van der Waals surface area (Å²) >= 11 is 0. The lowest BCUT2D eigenvalue weighted by Crippen LogP contribution is -2.14. The molecule has 0 saturated heterocycles. The Labute approximate surface area is 133 Å². The zero-order chi connectivity index (χ0) is 17.9. The van der Waals surface area contributed by atoms with Crippen molar-refractivity contribution in [3.05, 3.63) is 57.5 Å². The number of ether oxygens (including phenoxy) is 1. The Hall–Kier alpha value is -2.91. The van der Waals surface area contributed by atoms with Gasteiger partial charge in [-0.1, -0.05) is 0 Å². The lowest BCUT2D eigenvalue weighted by molar-refractivity contribution is -0.392. The fourth-order valence-electron chi connectivity index (χ4n) is 1.99. The minimum Gasteiger partial charge on any atom is -0.458 e. The number of nitro groups is 1. The third kappa shape index (κ3) is 3.89. The van der Waals surface area contributed by atoms with Crippen LogP contribution in [0.25, 0.3) is 0 Å². The van der Waals surface area contributed by atoms with E-state index >= 15 is 0 Å². The fourth-order valence-corrected chi connectivity index (χ4v) is 1.99. The van der Waals surface area contributed by atoms with Gasteiger partial charge in [0.15, 0.2) is 5.82 Å². The second kappa shape index (κ2) is 6.69. The molecule has 1 aromatic carbocycles. The number of aromatic nitrogens is 2. The Kier molecular flexibility index (Phi) is 4.86. The van der Waals surface area contributed by atoms with Crippen LogP contribution in [0.4, 0.5) is 19.0 Å². The number of alkyl halides is 3. The number of halogens is 3. The van der Waals surface area contributed by atoms with Crippen molar-refractivity contribution in [3.8, 4) is 0 Å². The summed E-state index contributed by atoms with van der Waals surface area (Å²) in [7, 11) is 0. The summed E-state index contributed by atoms with van der Waals surface area (Å²) in [4.78, 5) is 25.8. The lowest BCUT2D eigenvalue weighted by atomic mass is 10.1. The van der Waals surface area contributed by atoms with Gasteiger partial charge in [-0.2, -0.15) is 13.2 Å². The number of rotatable bonds is 5. The summed E-state index contributed by atoms with van der Waals surface area (Å²) in [5.41, 5.74) is -0.913. The zero-order valence-electron chi connectivity index (χ0n) is 12.4. The molecule has 1 heterocycles. The molecule has 0 bridgehead atoms. The molecule has 10 heteroatoms. The quantitative estimate of drug-likeness (QED) is 0.473. The Balaban J connectivity index is 1.97. The van der Waals surface area contributed by atoms with Crippen molar-refractivity contribution in [2.24, 2.45) is 0 Å². The molecule has 0 spiro atoms. The highest BCUT2D eigenvalue weighted by Crippen LogP contribution is 2.29. The van der Waals surface area contributed by atoms with E-state index in [4.69, 9.17) is 4.74 Å². The van der Waals surface area contributed by atoms with Crippen molar-refractivity contribution in [2.45, 2.75) is 19.6 Å². The van der Waals surface area contributed by atoms with Crippen molar-refractivity contribution in [3.63, 3.8) is 0 Å². The Bertz CT molecular complexity index is 754. The van der Waals surface area contributed by atoms with E-state index in [1.807, 2.05) is 0 Å². The number of esters is 1. The van der Waals surface area contributed by atoms with Crippen molar-refractivity contribution >= 4 is 11.8 Å². The molecule has 7 nitrogen and oxygen atoms in total. The van der Waals surface area contributed by atoms with Crippen LogP contribution in [0.1, 0.15) is 21.7 Å². The highest BCUT2D eigenvalue weighted by Gasteiger charge is 2.30. The Morgan fingerprint density at radius 2 is 1.96 bits per heavy atom. The molecule has 0 fully saturated rings. The normalized spacial score (nSPS) is 11.3. The molecule has 24 heavy (non-hydrogen) atoms. The summed E-state index contributed by atoms with van der Waals surface area (Å²) in [6.07, 6.45) is -3.40. The van der Waals surface area contributed by atoms with Gasteiger partial charge in [-0.15, -0.1) is 0 Å². The van der Waals surface area contributed by atoms with Gasteiger partial charge in [0.05, 0.1) is 11.1 Å². The van der Waals surface area contributed by atoms with Crippen molar-refractivity contribution in [2.75, 3.05) is 6.61 Å². The number of hydrogen-bond donors (Lipinski definition) is 0. The molecular weight excluding hydrogens is 331 g/mol. The molecule has 0 aliphatic carbocycles. The number of hydrogen-bond acceptors (Lipinski definition) is 5. The van der Waals surface area contributed by atoms with E-state index in [1.54, 1.807) is 6.92 Å². The van der Waals surface area contributed by atoms with E-state index < -0.39 is 22.6 Å². The molecule has 0 unspecified atom stereocenters. The molecule has 128 valence electrons. The second-order valence-corrected chi connectivity index (χ2v) is 4.78. The minimum absolute atomic E-state index is 0.00845. The molecule has 2 rings (SSSR count). The zero-order valence-corrected chi connectivity index (χ0v) is 12.4. The maximum absolute atomic E-state index is 12.4. The van der Waals surface area contributed by atoms with Crippen LogP contribution >= 0.6 is 0 Å². The summed E-state index contributed by atoms with van der Waals surface area (Å²) in [5.74, 6) is -0.672. The standard InChI is InChI=1S/C14H12F3N3O4/c1-9-18-8-12(20(22)23)19(9)6-7-24-13(21)10-2-4-11(5-3-10)14(15,16)17/h2-5,8H,6-7H2,1H3. The average Bonchev–Trinajstić information content (AvgIpc) is 2.88. The SMILES string of the molecule is Cc1ncc([N+](=O)[O-])n1CCOC(=O)c1ccc(C(F)(F)F)cc1. The van der Waals surface area contributed by atoms with E-state index in [2.05, 4.69) is 4.98 Å². The maximum atomic E-state index is 12.4. The van der Waals surface area contributed by atoms with Crippen molar-refractivity contribution in [1.29, 1.82) is 0 Å². The first kappa shape index (κ1) is 17.4. The predicted molar refractivity (Wildman–Crippen MR) is 75.3 cm³/mol. The molecule has 2 aromatic rings. The highest BCUT2D eigenvalue weighted by molar-refractivity contribution is 5.89. The van der Waals surface area contributed by atoms with Gasteiger partial charge >= 0.3 is 18.0 Å². The molecule has 0 aliphatic heterocycles. The topological polar surface area (TPSA) is 87.3 Å². The van der Waals surface area contributed by atoms with E-state index in [1.165, 1.54) is 4.57 Å². The Morgan fingerprint density at radius 3 is 2.50 bits per heavy atom. The average molecular weight is 343 g/mol. The van der Waals surface area contributed by atoms with E-state index in [9.17, 15) is 28.1 Å². The fraction of sp³-hybridized carbons (Fsp3) is 0.286. The molecule has 0 aliphatic rings. The van der Waals surface area contributed by atoms with Crippen LogP contribution in [-0.4, -0.2) is 27.1 Å². The van der Waals surface area contributed by atoms with Crippen LogP contribution in [0.5, 0.6) is 0 Å². The van der Waals surface area contributed by atoms with Crippen LogP contribution in [0, 0.1) is 17.0 Å². The third-order valence-corrected chi connectivity index (χ3v) is 3.22. The molecule has 0 saturated carbocycles. The highest BCUT2D eigenvalue weighted by atomic mass is 19.4. The van der Waals surface area contributed by atoms with E-state index in [0.717, 1.165) is 30.5 Å². The van der Waals surface area contributed by atoms with Gasteiger partial charge in [0.2, 0.25) is 0 Å².